The van der Waals surface area contributed by atoms with Crippen molar-refractivity contribution in [3.8, 4) is 0 Å². The fourth-order valence-corrected chi connectivity index (χ4v) is 1.40. The molecule has 0 aromatic heterocycles. The van der Waals surface area contributed by atoms with Gasteiger partial charge in [-0.2, -0.15) is 0 Å². The number of nitrogens with zero attached hydrogens (tertiary/aromatic N) is 1. The number of hydrogen-bond acceptors (Lipinski definition) is 3. The molecule has 1 saturated heterocycles. The zero-order valence-corrected chi connectivity index (χ0v) is 7.49. The van der Waals surface area contributed by atoms with Crippen molar-refractivity contribution >= 4 is 5.91 Å². The highest BCUT2D eigenvalue weighted by atomic mass is 16.2. The van der Waals surface area contributed by atoms with Crippen molar-refractivity contribution in [2.45, 2.75) is 31.8 Å². The second-order valence-electron chi connectivity index (χ2n) is 3.35. The van der Waals surface area contributed by atoms with Gasteiger partial charge in [-0.25, -0.2) is 0 Å². The SMILES string of the molecule is CC[C@@H](N)C(=O)N1CC[C@@H](N)C1. The predicted molar refractivity (Wildman–Crippen MR) is 47.4 cm³/mol. The van der Waals surface area contributed by atoms with E-state index in [4.69, 9.17) is 11.5 Å². The Labute approximate surface area is 72.9 Å². The van der Waals surface area contributed by atoms with Crippen LogP contribution >= 0.6 is 0 Å². The first-order valence-electron chi connectivity index (χ1n) is 4.45. The summed E-state index contributed by atoms with van der Waals surface area (Å²) in [6.07, 6.45) is 1.60. The highest BCUT2D eigenvalue weighted by molar-refractivity contribution is 5.81. The summed E-state index contributed by atoms with van der Waals surface area (Å²) in [5, 5.41) is 0. The van der Waals surface area contributed by atoms with Crippen molar-refractivity contribution in [1.82, 2.24) is 4.90 Å². The first-order valence-corrected chi connectivity index (χ1v) is 4.45. The molecule has 4 nitrogen and oxygen atoms in total. The van der Waals surface area contributed by atoms with E-state index in [1.165, 1.54) is 0 Å². The van der Waals surface area contributed by atoms with E-state index < -0.39 is 0 Å². The molecule has 1 fully saturated rings. The van der Waals surface area contributed by atoms with Gasteiger partial charge in [0.25, 0.3) is 0 Å². The van der Waals surface area contributed by atoms with E-state index in [0.29, 0.717) is 13.0 Å². The van der Waals surface area contributed by atoms with Crippen LogP contribution in [0.5, 0.6) is 0 Å². The Morgan fingerprint density at radius 1 is 1.75 bits per heavy atom. The highest BCUT2D eigenvalue weighted by Gasteiger charge is 2.26. The number of carbonyl (C=O) groups is 1. The van der Waals surface area contributed by atoms with Crippen LogP contribution in [0.25, 0.3) is 0 Å². The lowest BCUT2D eigenvalue weighted by atomic mass is 10.2. The first kappa shape index (κ1) is 9.48. The number of rotatable bonds is 2. The van der Waals surface area contributed by atoms with E-state index in [9.17, 15) is 4.79 Å². The van der Waals surface area contributed by atoms with Crippen molar-refractivity contribution in [1.29, 1.82) is 0 Å². The van der Waals surface area contributed by atoms with Gasteiger partial charge in [0, 0.05) is 19.1 Å². The van der Waals surface area contributed by atoms with Crippen LogP contribution in [0.15, 0.2) is 0 Å². The number of hydrogen-bond donors (Lipinski definition) is 2. The van der Waals surface area contributed by atoms with Crippen LogP contribution in [0.1, 0.15) is 19.8 Å². The minimum absolute atomic E-state index is 0.0467. The minimum atomic E-state index is -0.338. The molecule has 70 valence electrons. The lowest BCUT2D eigenvalue weighted by molar-refractivity contribution is -0.131. The van der Waals surface area contributed by atoms with Crippen molar-refractivity contribution in [2.75, 3.05) is 13.1 Å². The molecule has 0 saturated carbocycles. The zero-order chi connectivity index (χ0) is 9.14. The van der Waals surface area contributed by atoms with Crippen LogP contribution in [-0.2, 0) is 4.79 Å². The van der Waals surface area contributed by atoms with Gasteiger partial charge < -0.3 is 16.4 Å². The molecule has 12 heavy (non-hydrogen) atoms. The van der Waals surface area contributed by atoms with Gasteiger partial charge in [0.1, 0.15) is 0 Å². The molecular weight excluding hydrogens is 154 g/mol. The molecule has 0 aromatic rings. The van der Waals surface area contributed by atoms with Gasteiger partial charge in [0.05, 0.1) is 6.04 Å². The number of likely N-dealkylation sites (tertiary alicyclic amines) is 1. The lowest BCUT2D eigenvalue weighted by Gasteiger charge is -2.19. The Hall–Kier alpha value is -0.610. The van der Waals surface area contributed by atoms with Gasteiger partial charge in [-0.1, -0.05) is 6.92 Å². The average Bonchev–Trinajstić information content (AvgIpc) is 2.49. The van der Waals surface area contributed by atoms with Crippen molar-refractivity contribution in [2.24, 2.45) is 11.5 Å². The monoisotopic (exact) mass is 171 g/mol. The smallest absolute Gasteiger partial charge is 0.239 e. The second kappa shape index (κ2) is 3.87. The van der Waals surface area contributed by atoms with Crippen LogP contribution in [0.4, 0.5) is 0 Å². The third kappa shape index (κ3) is 1.95. The Morgan fingerprint density at radius 3 is 2.83 bits per heavy atom. The second-order valence-corrected chi connectivity index (χ2v) is 3.35. The summed E-state index contributed by atoms with van der Waals surface area (Å²) < 4.78 is 0. The number of amides is 1. The lowest BCUT2D eigenvalue weighted by Crippen LogP contribution is -2.43. The first-order chi connectivity index (χ1) is 5.65. The normalized spacial score (nSPS) is 25.9. The van der Waals surface area contributed by atoms with Crippen molar-refractivity contribution in [3.63, 3.8) is 0 Å². The molecule has 1 aliphatic heterocycles. The minimum Gasteiger partial charge on any atom is -0.340 e. The van der Waals surface area contributed by atoms with Crippen LogP contribution < -0.4 is 11.5 Å². The van der Waals surface area contributed by atoms with Crippen molar-refractivity contribution < 1.29 is 4.79 Å². The van der Waals surface area contributed by atoms with Gasteiger partial charge in [-0.05, 0) is 12.8 Å². The van der Waals surface area contributed by atoms with E-state index in [2.05, 4.69) is 0 Å². The maximum atomic E-state index is 11.5. The third-order valence-corrected chi connectivity index (χ3v) is 2.29. The zero-order valence-electron chi connectivity index (χ0n) is 7.49. The summed E-state index contributed by atoms with van der Waals surface area (Å²) in [6.45, 7) is 3.36. The van der Waals surface area contributed by atoms with E-state index in [-0.39, 0.29) is 18.0 Å². The molecule has 0 unspecified atom stereocenters. The van der Waals surface area contributed by atoms with Gasteiger partial charge in [0.2, 0.25) is 5.91 Å². The van der Waals surface area contributed by atoms with Gasteiger partial charge in [-0.3, -0.25) is 4.79 Å². The fraction of sp³-hybridized carbons (Fsp3) is 0.875. The molecule has 4 heteroatoms. The van der Waals surface area contributed by atoms with Crippen LogP contribution in [0.3, 0.4) is 0 Å². The molecule has 0 aliphatic carbocycles. The maximum Gasteiger partial charge on any atom is 0.239 e. The van der Waals surface area contributed by atoms with Crippen LogP contribution in [0.2, 0.25) is 0 Å². The Morgan fingerprint density at radius 2 is 2.42 bits per heavy atom. The quantitative estimate of drug-likeness (QED) is 0.576. The highest BCUT2D eigenvalue weighted by Crippen LogP contribution is 2.08. The van der Waals surface area contributed by atoms with Crippen LogP contribution in [-0.4, -0.2) is 36.0 Å². The largest absolute Gasteiger partial charge is 0.340 e. The number of nitrogens with two attached hydrogens (primary N) is 2. The molecule has 0 bridgehead atoms. The van der Waals surface area contributed by atoms with E-state index in [0.717, 1.165) is 13.0 Å². The molecule has 1 aliphatic rings. The molecule has 1 amide bonds. The summed E-state index contributed by atoms with van der Waals surface area (Å²) in [6, 6.07) is -0.187. The predicted octanol–water partition coefficient (Wildman–Crippen LogP) is -0.717. The summed E-state index contributed by atoms with van der Waals surface area (Å²) in [4.78, 5) is 13.2. The molecule has 4 N–H and O–H groups in total. The van der Waals surface area contributed by atoms with E-state index >= 15 is 0 Å². The fourth-order valence-electron chi connectivity index (χ4n) is 1.40. The van der Waals surface area contributed by atoms with Gasteiger partial charge in [0.15, 0.2) is 0 Å². The Bertz CT molecular complexity index is 172. The molecule has 1 rings (SSSR count). The summed E-state index contributed by atoms with van der Waals surface area (Å²) in [7, 11) is 0. The molecule has 0 radical (unpaired) electrons. The molecule has 0 aromatic carbocycles. The molecule has 0 spiro atoms. The molecule has 2 atom stereocenters. The molecule has 1 heterocycles. The topological polar surface area (TPSA) is 72.4 Å². The standard InChI is InChI=1S/C8H17N3O/c1-2-7(10)8(12)11-4-3-6(9)5-11/h6-7H,2-5,9-10H2,1H3/t6-,7-/m1/s1. The number of carbonyl (C=O) groups excluding carboxylic acids is 1. The van der Waals surface area contributed by atoms with E-state index in [1.807, 2.05) is 6.92 Å². The van der Waals surface area contributed by atoms with Gasteiger partial charge in [-0.15, -0.1) is 0 Å². The maximum absolute atomic E-state index is 11.5. The summed E-state index contributed by atoms with van der Waals surface area (Å²) >= 11 is 0. The summed E-state index contributed by atoms with van der Waals surface area (Å²) in [5.74, 6) is 0.0467. The Balaban J connectivity index is 2.43. The third-order valence-electron chi connectivity index (χ3n) is 2.29. The van der Waals surface area contributed by atoms with E-state index in [1.54, 1.807) is 4.90 Å². The Kier molecular flexibility index (Phi) is 3.05. The van der Waals surface area contributed by atoms with Crippen LogP contribution in [0, 0.1) is 0 Å². The van der Waals surface area contributed by atoms with Crippen molar-refractivity contribution in [3.05, 3.63) is 0 Å². The van der Waals surface area contributed by atoms with Gasteiger partial charge >= 0.3 is 0 Å². The average molecular weight is 171 g/mol. The molecular formula is C8H17N3O. The summed E-state index contributed by atoms with van der Waals surface area (Å²) in [5.41, 5.74) is 11.3.